The number of carboxylic acid groups (broad SMARTS) is 1. The minimum absolute atomic E-state index is 0.143. The third kappa shape index (κ3) is 3.47. The Kier molecular flexibility index (Phi) is 5.17. The van der Waals surface area contributed by atoms with E-state index in [-0.39, 0.29) is 11.5 Å². The van der Waals surface area contributed by atoms with Crippen LogP contribution in [0, 0.1) is 17.2 Å². The quantitative estimate of drug-likeness (QED) is 0.907. The van der Waals surface area contributed by atoms with Gasteiger partial charge in [-0.25, -0.2) is 4.79 Å². The standard InChI is InChI=1S/C13H15BrN2O2/c1-3-16(8-9(2)7-15)12-5-4-10(14)6-11(12)13(17)18/h4-6,9H,3,8H2,1-2H3,(H,17,18). The zero-order valence-electron chi connectivity index (χ0n) is 10.4. The summed E-state index contributed by atoms with van der Waals surface area (Å²) in [7, 11) is 0. The van der Waals surface area contributed by atoms with Gasteiger partial charge in [0.15, 0.2) is 0 Å². The van der Waals surface area contributed by atoms with Gasteiger partial charge in [0.2, 0.25) is 0 Å². The van der Waals surface area contributed by atoms with E-state index in [0.717, 1.165) is 4.47 Å². The summed E-state index contributed by atoms with van der Waals surface area (Å²) in [6, 6.07) is 7.31. The molecule has 18 heavy (non-hydrogen) atoms. The Morgan fingerprint density at radius 2 is 2.28 bits per heavy atom. The molecular weight excluding hydrogens is 296 g/mol. The lowest BCUT2D eigenvalue weighted by Gasteiger charge is -2.25. The fourth-order valence-corrected chi connectivity index (χ4v) is 2.09. The van der Waals surface area contributed by atoms with Crippen molar-refractivity contribution in [2.45, 2.75) is 13.8 Å². The van der Waals surface area contributed by atoms with Gasteiger partial charge in [0.1, 0.15) is 0 Å². The van der Waals surface area contributed by atoms with E-state index in [0.29, 0.717) is 18.8 Å². The summed E-state index contributed by atoms with van der Waals surface area (Å²) >= 11 is 3.27. The SMILES string of the molecule is CCN(CC(C)C#N)c1ccc(Br)cc1C(=O)O. The van der Waals surface area contributed by atoms with Crippen molar-refractivity contribution in [2.75, 3.05) is 18.0 Å². The molecule has 1 unspecified atom stereocenters. The molecule has 0 saturated carbocycles. The van der Waals surface area contributed by atoms with Crippen LogP contribution in [0.5, 0.6) is 0 Å². The van der Waals surface area contributed by atoms with Crippen molar-refractivity contribution in [3.05, 3.63) is 28.2 Å². The first-order chi connectivity index (χ1) is 8.49. The maximum absolute atomic E-state index is 11.2. The van der Waals surface area contributed by atoms with E-state index in [4.69, 9.17) is 5.26 Å². The zero-order valence-corrected chi connectivity index (χ0v) is 11.9. The van der Waals surface area contributed by atoms with Gasteiger partial charge >= 0.3 is 5.97 Å². The number of aromatic carboxylic acids is 1. The van der Waals surface area contributed by atoms with Gasteiger partial charge in [-0.3, -0.25) is 0 Å². The Labute approximate surface area is 115 Å². The lowest BCUT2D eigenvalue weighted by atomic mass is 10.1. The van der Waals surface area contributed by atoms with Crippen molar-refractivity contribution >= 4 is 27.6 Å². The van der Waals surface area contributed by atoms with Gasteiger partial charge in [-0.15, -0.1) is 0 Å². The molecule has 1 rings (SSSR count). The smallest absolute Gasteiger partial charge is 0.337 e. The van der Waals surface area contributed by atoms with Gasteiger partial charge in [-0.2, -0.15) is 5.26 Å². The van der Waals surface area contributed by atoms with Gasteiger partial charge < -0.3 is 10.0 Å². The molecule has 0 bridgehead atoms. The third-order valence-electron chi connectivity index (χ3n) is 2.63. The number of benzene rings is 1. The fraction of sp³-hybridized carbons (Fsp3) is 0.385. The highest BCUT2D eigenvalue weighted by Crippen LogP contribution is 2.25. The molecule has 5 heteroatoms. The van der Waals surface area contributed by atoms with Crippen LogP contribution < -0.4 is 4.90 Å². The molecule has 1 aromatic rings. The van der Waals surface area contributed by atoms with Crippen molar-refractivity contribution in [3.63, 3.8) is 0 Å². The highest BCUT2D eigenvalue weighted by molar-refractivity contribution is 9.10. The predicted molar refractivity (Wildman–Crippen MR) is 73.8 cm³/mol. The van der Waals surface area contributed by atoms with Crippen LogP contribution in [0.15, 0.2) is 22.7 Å². The first kappa shape index (κ1) is 14.5. The van der Waals surface area contributed by atoms with Crippen LogP contribution in [0.2, 0.25) is 0 Å². The minimum atomic E-state index is -0.964. The molecule has 0 spiro atoms. The largest absolute Gasteiger partial charge is 0.478 e. The number of hydrogen-bond donors (Lipinski definition) is 1. The van der Waals surface area contributed by atoms with E-state index in [1.807, 2.05) is 24.8 Å². The molecule has 0 aromatic heterocycles. The Bertz CT molecular complexity index is 482. The van der Waals surface area contributed by atoms with E-state index >= 15 is 0 Å². The fourth-order valence-electron chi connectivity index (χ4n) is 1.72. The number of halogens is 1. The second-order valence-electron chi connectivity index (χ2n) is 4.04. The van der Waals surface area contributed by atoms with E-state index in [2.05, 4.69) is 22.0 Å². The van der Waals surface area contributed by atoms with E-state index in [1.165, 1.54) is 0 Å². The number of hydrogen-bond acceptors (Lipinski definition) is 3. The van der Waals surface area contributed by atoms with Crippen LogP contribution in [0.4, 0.5) is 5.69 Å². The number of carboxylic acids is 1. The molecule has 4 nitrogen and oxygen atoms in total. The number of nitrogens with zero attached hydrogens (tertiary/aromatic N) is 2. The van der Waals surface area contributed by atoms with Crippen LogP contribution in [-0.2, 0) is 0 Å². The molecule has 0 fully saturated rings. The Morgan fingerprint density at radius 3 is 2.78 bits per heavy atom. The summed E-state index contributed by atoms with van der Waals surface area (Å²) in [5, 5.41) is 18.1. The summed E-state index contributed by atoms with van der Waals surface area (Å²) in [4.78, 5) is 13.1. The van der Waals surface area contributed by atoms with Crippen LogP contribution >= 0.6 is 15.9 Å². The summed E-state index contributed by atoms with van der Waals surface area (Å²) in [5.41, 5.74) is 0.895. The molecular formula is C13H15BrN2O2. The van der Waals surface area contributed by atoms with Crippen molar-refractivity contribution in [1.82, 2.24) is 0 Å². The van der Waals surface area contributed by atoms with Crippen LogP contribution in [0.1, 0.15) is 24.2 Å². The normalized spacial score (nSPS) is 11.7. The molecule has 0 radical (unpaired) electrons. The molecule has 0 aliphatic carbocycles. The van der Waals surface area contributed by atoms with Crippen molar-refractivity contribution in [1.29, 1.82) is 5.26 Å². The summed E-state index contributed by atoms with van der Waals surface area (Å²) in [5.74, 6) is -1.11. The van der Waals surface area contributed by atoms with Crippen LogP contribution in [-0.4, -0.2) is 24.2 Å². The van der Waals surface area contributed by atoms with Gasteiger partial charge in [-0.1, -0.05) is 15.9 Å². The van der Waals surface area contributed by atoms with Crippen LogP contribution in [0.25, 0.3) is 0 Å². The second-order valence-corrected chi connectivity index (χ2v) is 4.95. The zero-order chi connectivity index (χ0) is 13.7. The maximum Gasteiger partial charge on any atom is 0.337 e. The minimum Gasteiger partial charge on any atom is -0.478 e. The Balaban J connectivity index is 3.13. The number of carbonyl (C=O) groups is 1. The average molecular weight is 311 g/mol. The molecule has 0 heterocycles. The summed E-state index contributed by atoms with van der Waals surface area (Å²) < 4.78 is 0.730. The van der Waals surface area contributed by atoms with E-state index in [9.17, 15) is 9.90 Å². The average Bonchev–Trinajstić information content (AvgIpc) is 2.35. The Morgan fingerprint density at radius 1 is 1.61 bits per heavy atom. The van der Waals surface area contributed by atoms with Gasteiger partial charge in [0.05, 0.1) is 23.2 Å². The summed E-state index contributed by atoms with van der Waals surface area (Å²) in [6.45, 7) is 4.95. The molecule has 1 N–H and O–H groups in total. The maximum atomic E-state index is 11.2. The van der Waals surface area contributed by atoms with Crippen molar-refractivity contribution in [2.24, 2.45) is 5.92 Å². The molecule has 0 amide bonds. The number of anilines is 1. The Hall–Kier alpha value is -1.54. The molecule has 1 atom stereocenters. The van der Waals surface area contributed by atoms with E-state index in [1.54, 1.807) is 12.1 Å². The first-order valence-electron chi connectivity index (χ1n) is 5.67. The van der Waals surface area contributed by atoms with E-state index < -0.39 is 5.97 Å². The molecule has 0 saturated heterocycles. The van der Waals surface area contributed by atoms with Gasteiger partial charge in [-0.05, 0) is 32.0 Å². The molecule has 96 valence electrons. The van der Waals surface area contributed by atoms with Crippen LogP contribution in [0.3, 0.4) is 0 Å². The predicted octanol–water partition coefficient (Wildman–Crippen LogP) is 3.13. The monoisotopic (exact) mass is 310 g/mol. The highest BCUT2D eigenvalue weighted by Gasteiger charge is 2.17. The number of nitriles is 1. The first-order valence-corrected chi connectivity index (χ1v) is 6.46. The lowest BCUT2D eigenvalue weighted by Crippen LogP contribution is -2.29. The molecule has 0 aliphatic rings. The topological polar surface area (TPSA) is 64.3 Å². The number of rotatable bonds is 5. The third-order valence-corrected chi connectivity index (χ3v) is 3.12. The van der Waals surface area contributed by atoms with Crippen molar-refractivity contribution in [3.8, 4) is 6.07 Å². The second kappa shape index (κ2) is 6.41. The summed E-state index contributed by atoms with van der Waals surface area (Å²) in [6.07, 6.45) is 0. The van der Waals surface area contributed by atoms with Crippen molar-refractivity contribution < 1.29 is 9.90 Å². The lowest BCUT2D eigenvalue weighted by molar-refractivity contribution is 0.0697. The highest BCUT2D eigenvalue weighted by atomic mass is 79.9. The molecule has 0 aliphatic heterocycles. The van der Waals surface area contributed by atoms with Gasteiger partial charge in [0, 0.05) is 17.6 Å². The molecule has 1 aromatic carbocycles. The van der Waals surface area contributed by atoms with Gasteiger partial charge in [0.25, 0.3) is 0 Å².